The van der Waals surface area contributed by atoms with Gasteiger partial charge in [0.15, 0.2) is 0 Å². The summed E-state index contributed by atoms with van der Waals surface area (Å²) < 4.78 is 34.5. The van der Waals surface area contributed by atoms with E-state index < -0.39 is 10.2 Å². The monoisotopic (exact) mass is 319 g/mol. The Morgan fingerprint density at radius 1 is 1.14 bits per heavy atom. The molecule has 2 fully saturated rings. The fourth-order valence-electron chi connectivity index (χ4n) is 2.96. The molecular weight excluding hydrogens is 290 g/mol. The van der Waals surface area contributed by atoms with E-state index in [0.29, 0.717) is 38.9 Å². The Balaban J connectivity index is 2.06. The van der Waals surface area contributed by atoms with Crippen molar-refractivity contribution in [3.8, 4) is 0 Å². The van der Waals surface area contributed by atoms with E-state index in [2.05, 4.69) is 19.2 Å². The number of nitrogens with zero attached hydrogens (tertiary/aromatic N) is 2. The highest BCUT2D eigenvalue weighted by Crippen LogP contribution is 2.23. The molecule has 0 aromatic carbocycles. The summed E-state index contributed by atoms with van der Waals surface area (Å²) in [4.78, 5) is 0. The van der Waals surface area contributed by atoms with Crippen LogP contribution in [0.15, 0.2) is 0 Å². The smallest absolute Gasteiger partial charge is 0.282 e. The van der Waals surface area contributed by atoms with Crippen molar-refractivity contribution >= 4 is 10.2 Å². The molecule has 21 heavy (non-hydrogen) atoms. The average molecular weight is 319 g/mol. The van der Waals surface area contributed by atoms with Crippen LogP contribution < -0.4 is 5.32 Å². The molecule has 0 bridgehead atoms. The van der Waals surface area contributed by atoms with Gasteiger partial charge in [-0.3, -0.25) is 0 Å². The Hall–Kier alpha value is -0.210. The number of hydrogen-bond acceptors (Lipinski definition) is 4. The van der Waals surface area contributed by atoms with Crippen LogP contribution in [0.4, 0.5) is 0 Å². The van der Waals surface area contributed by atoms with Crippen LogP contribution in [0.2, 0.25) is 0 Å². The molecule has 2 aliphatic heterocycles. The SMILES string of the molecule is CC(C)NCC1CCCCN1S(=O)(=O)N1CCCOCC1. The van der Waals surface area contributed by atoms with E-state index in [4.69, 9.17) is 4.74 Å². The molecule has 0 saturated carbocycles. The van der Waals surface area contributed by atoms with Crippen molar-refractivity contribution in [3.05, 3.63) is 0 Å². The molecular formula is C14H29N3O3S. The van der Waals surface area contributed by atoms with Crippen LogP contribution in [-0.4, -0.2) is 68.5 Å². The lowest BCUT2D eigenvalue weighted by molar-refractivity contribution is 0.146. The van der Waals surface area contributed by atoms with Crippen LogP contribution in [0, 0.1) is 0 Å². The van der Waals surface area contributed by atoms with Gasteiger partial charge in [0.05, 0.1) is 6.61 Å². The first-order valence-electron chi connectivity index (χ1n) is 8.10. The Morgan fingerprint density at radius 2 is 1.95 bits per heavy atom. The third-order valence-corrected chi connectivity index (χ3v) is 6.23. The van der Waals surface area contributed by atoms with Crippen molar-refractivity contribution in [1.82, 2.24) is 13.9 Å². The quantitative estimate of drug-likeness (QED) is 0.814. The zero-order valence-corrected chi connectivity index (χ0v) is 14.1. The van der Waals surface area contributed by atoms with Gasteiger partial charge < -0.3 is 10.1 Å². The van der Waals surface area contributed by atoms with Crippen LogP contribution in [0.1, 0.15) is 39.5 Å². The zero-order chi connectivity index (χ0) is 15.3. The summed E-state index contributed by atoms with van der Waals surface area (Å²) in [5.74, 6) is 0. The number of rotatable bonds is 5. The normalized spacial score (nSPS) is 26.9. The van der Waals surface area contributed by atoms with Gasteiger partial charge in [-0.2, -0.15) is 17.0 Å². The van der Waals surface area contributed by atoms with Crippen molar-refractivity contribution in [3.63, 3.8) is 0 Å². The van der Waals surface area contributed by atoms with Gasteiger partial charge in [0.25, 0.3) is 10.2 Å². The van der Waals surface area contributed by atoms with Crippen LogP contribution in [0.25, 0.3) is 0 Å². The van der Waals surface area contributed by atoms with Crippen LogP contribution in [0.5, 0.6) is 0 Å². The van der Waals surface area contributed by atoms with E-state index in [0.717, 1.165) is 32.2 Å². The minimum absolute atomic E-state index is 0.0790. The summed E-state index contributed by atoms with van der Waals surface area (Å²) in [6.07, 6.45) is 3.80. The van der Waals surface area contributed by atoms with Gasteiger partial charge >= 0.3 is 0 Å². The van der Waals surface area contributed by atoms with Gasteiger partial charge in [-0.05, 0) is 19.3 Å². The molecule has 0 radical (unpaired) electrons. The van der Waals surface area contributed by atoms with Gasteiger partial charge in [-0.1, -0.05) is 20.3 Å². The summed E-state index contributed by atoms with van der Waals surface area (Å²) >= 11 is 0. The lowest BCUT2D eigenvalue weighted by Crippen LogP contribution is -2.54. The van der Waals surface area contributed by atoms with E-state index in [9.17, 15) is 8.42 Å². The largest absolute Gasteiger partial charge is 0.380 e. The molecule has 7 heteroatoms. The third kappa shape index (κ3) is 4.63. The standard InChI is InChI=1S/C14H29N3O3S/c1-13(2)15-12-14-6-3-4-8-17(14)21(18,19)16-7-5-10-20-11-9-16/h13-15H,3-12H2,1-2H3. The summed E-state index contributed by atoms with van der Waals surface area (Å²) in [6, 6.07) is 0.457. The first-order chi connectivity index (χ1) is 10.0. The molecule has 2 aliphatic rings. The Morgan fingerprint density at radius 3 is 2.71 bits per heavy atom. The third-order valence-electron chi connectivity index (χ3n) is 4.14. The minimum Gasteiger partial charge on any atom is -0.380 e. The number of ether oxygens (including phenoxy) is 1. The molecule has 0 aromatic rings. The van der Waals surface area contributed by atoms with Gasteiger partial charge in [0.1, 0.15) is 0 Å². The molecule has 0 amide bonds. The molecule has 2 rings (SSSR count). The van der Waals surface area contributed by atoms with Crippen molar-refractivity contribution in [2.24, 2.45) is 0 Å². The van der Waals surface area contributed by atoms with Crippen molar-refractivity contribution in [2.45, 2.75) is 51.6 Å². The Bertz CT molecular complexity index is 406. The van der Waals surface area contributed by atoms with Crippen LogP contribution >= 0.6 is 0 Å². The maximum absolute atomic E-state index is 12.9. The highest BCUT2D eigenvalue weighted by molar-refractivity contribution is 7.86. The second-order valence-corrected chi connectivity index (χ2v) is 8.08. The highest BCUT2D eigenvalue weighted by atomic mass is 32.2. The fourth-order valence-corrected chi connectivity index (χ4v) is 4.83. The maximum Gasteiger partial charge on any atom is 0.282 e. The summed E-state index contributed by atoms with van der Waals surface area (Å²) in [5.41, 5.74) is 0. The number of hydrogen-bond donors (Lipinski definition) is 1. The second-order valence-electron chi connectivity index (χ2n) is 6.20. The summed E-state index contributed by atoms with van der Waals surface area (Å²) in [7, 11) is -3.36. The van der Waals surface area contributed by atoms with Crippen molar-refractivity contribution < 1.29 is 13.2 Å². The zero-order valence-electron chi connectivity index (χ0n) is 13.3. The average Bonchev–Trinajstić information content (AvgIpc) is 2.75. The van der Waals surface area contributed by atoms with E-state index >= 15 is 0 Å². The van der Waals surface area contributed by atoms with Crippen molar-refractivity contribution in [1.29, 1.82) is 0 Å². The van der Waals surface area contributed by atoms with Crippen LogP contribution in [-0.2, 0) is 14.9 Å². The second kappa shape index (κ2) is 7.87. The molecule has 1 N–H and O–H groups in total. The number of nitrogens with one attached hydrogen (secondary N) is 1. The topological polar surface area (TPSA) is 61.9 Å². The van der Waals surface area contributed by atoms with E-state index in [1.807, 2.05) is 0 Å². The fraction of sp³-hybridized carbons (Fsp3) is 1.00. The first kappa shape index (κ1) is 17.1. The Labute approximate surface area is 129 Å². The molecule has 6 nitrogen and oxygen atoms in total. The molecule has 1 atom stereocenters. The Kier molecular flexibility index (Phi) is 6.43. The maximum atomic E-state index is 12.9. The lowest BCUT2D eigenvalue weighted by Gasteiger charge is -2.38. The molecule has 0 aliphatic carbocycles. The summed E-state index contributed by atoms with van der Waals surface area (Å²) in [5, 5.41) is 3.38. The summed E-state index contributed by atoms with van der Waals surface area (Å²) in [6.45, 7) is 7.77. The first-order valence-corrected chi connectivity index (χ1v) is 9.49. The predicted molar refractivity (Wildman–Crippen MR) is 83.4 cm³/mol. The van der Waals surface area contributed by atoms with Crippen molar-refractivity contribution in [2.75, 3.05) is 39.4 Å². The van der Waals surface area contributed by atoms with Crippen LogP contribution in [0.3, 0.4) is 0 Å². The minimum atomic E-state index is -3.36. The molecule has 124 valence electrons. The predicted octanol–water partition coefficient (Wildman–Crippen LogP) is 0.806. The lowest BCUT2D eigenvalue weighted by atomic mass is 10.0. The highest BCUT2D eigenvalue weighted by Gasteiger charge is 2.36. The molecule has 1 unspecified atom stereocenters. The van der Waals surface area contributed by atoms with Gasteiger partial charge in [0, 0.05) is 44.9 Å². The van der Waals surface area contributed by atoms with E-state index in [1.54, 1.807) is 8.61 Å². The molecule has 2 heterocycles. The van der Waals surface area contributed by atoms with Gasteiger partial charge in [0.2, 0.25) is 0 Å². The van der Waals surface area contributed by atoms with E-state index in [-0.39, 0.29) is 6.04 Å². The van der Waals surface area contributed by atoms with Gasteiger partial charge in [-0.15, -0.1) is 0 Å². The molecule has 0 spiro atoms. The molecule has 2 saturated heterocycles. The van der Waals surface area contributed by atoms with Gasteiger partial charge in [-0.25, -0.2) is 0 Å². The van der Waals surface area contributed by atoms with E-state index in [1.165, 1.54) is 0 Å². The number of piperidine rings is 1. The molecule has 0 aromatic heterocycles.